The van der Waals surface area contributed by atoms with Crippen LogP contribution in [-0.2, 0) is 28.6 Å². The zero-order valence-corrected chi connectivity index (χ0v) is 43.9. The summed E-state index contributed by atoms with van der Waals surface area (Å²) in [5.41, 5.74) is 0. The molecule has 0 aliphatic heterocycles. The van der Waals surface area contributed by atoms with Crippen LogP contribution in [0.4, 0.5) is 0 Å². The Balaban J connectivity index is 4.24. The number of ether oxygens (including phenoxy) is 3. The van der Waals surface area contributed by atoms with Gasteiger partial charge in [0.25, 0.3) is 0 Å². The number of rotatable bonds is 52. The van der Waals surface area contributed by atoms with Crippen molar-refractivity contribution in [2.24, 2.45) is 11.8 Å². The molecule has 6 heteroatoms. The first-order chi connectivity index (χ1) is 31.3. The molecule has 6 nitrogen and oxygen atoms in total. The lowest BCUT2D eigenvalue weighted by atomic mass is 10.00. The summed E-state index contributed by atoms with van der Waals surface area (Å²) in [5, 5.41) is 0. The van der Waals surface area contributed by atoms with Crippen molar-refractivity contribution in [2.45, 2.75) is 330 Å². The Kier molecular flexibility index (Phi) is 49.6. The zero-order chi connectivity index (χ0) is 46.8. The third kappa shape index (κ3) is 49.8. The van der Waals surface area contributed by atoms with E-state index in [-0.39, 0.29) is 31.1 Å². The SMILES string of the molecule is CCCCCCCCCCCCCCCCCCCCCC(=O)OC[C@H](COC(=O)CCCCCCCCC(C)CC)OC(=O)CCCCCCCCCCCCCCCCC(C)C. The molecule has 0 aromatic rings. The van der Waals surface area contributed by atoms with Gasteiger partial charge in [-0.15, -0.1) is 0 Å². The first-order valence-electron chi connectivity index (χ1n) is 28.8. The van der Waals surface area contributed by atoms with Gasteiger partial charge in [-0.3, -0.25) is 14.4 Å². The van der Waals surface area contributed by atoms with E-state index in [4.69, 9.17) is 14.2 Å². The van der Waals surface area contributed by atoms with E-state index in [1.165, 1.54) is 212 Å². The number of carbonyl (C=O) groups excluding carboxylic acids is 3. The van der Waals surface area contributed by atoms with Crippen molar-refractivity contribution >= 4 is 17.9 Å². The molecule has 0 bridgehead atoms. The van der Waals surface area contributed by atoms with Crippen LogP contribution in [0, 0.1) is 11.8 Å². The lowest BCUT2D eigenvalue weighted by Crippen LogP contribution is -2.30. The molecule has 0 saturated heterocycles. The highest BCUT2D eigenvalue weighted by Gasteiger charge is 2.19. The maximum Gasteiger partial charge on any atom is 0.306 e. The fraction of sp³-hybridized carbons (Fsp3) is 0.948. The van der Waals surface area contributed by atoms with E-state index in [0.717, 1.165) is 69.6 Å². The first kappa shape index (κ1) is 62.4. The monoisotopic (exact) mass is 905 g/mol. The van der Waals surface area contributed by atoms with Gasteiger partial charge in [0, 0.05) is 19.3 Å². The minimum atomic E-state index is -0.763. The van der Waals surface area contributed by atoms with E-state index in [0.29, 0.717) is 19.3 Å². The first-order valence-corrected chi connectivity index (χ1v) is 28.8. The minimum Gasteiger partial charge on any atom is -0.462 e. The molecule has 2 atom stereocenters. The quantitative estimate of drug-likeness (QED) is 0.0344. The number of unbranched alkanes of at least 4 members (excludes halogenated alkanes) is 36. The second-order valence-corrected chi connectivity index (χ2v) is 20.6. The van der Waals surface area contributed by atoms with Crippen LogP contribution in [0.25, 0.3) is 0 Å². The number of hydrogen-bond acceptors (Lipinski definition) is 6. The molecule has 64 heavy (non-hydrogen) atoms. The number of hydrogen-bond donors (Lipinski definition) is 0. The van der Waals surface area contributed by atoms with Crippen molar-refractivity contribution in [1.82, 2.24) is 0 Å². The predicted molar refractivity (Wildman–Crippen MR) is 275 cm³/mol. The van der Waals surface area contributed by atoms with Crippen LogP contribution in [0.15, 0.2) is 0 Å². The topological polar surface area (TPSA) is 78.9 Å². The van der Waals surface area contributed by atoms with Crippen LogP contribution >= 0.6 is 0 Å². The molecule has 380 valence electrons. The average Bonchev–Trinajstić information content (AvgIpc) is 3.28. The summed E-state index contributed by atoms with van der Waals surface area (Å²) in [5.74, 6) is 0.813. The third-order valence-electron chi connectivity index (χ3n) is 13.6. The van der Waals surface area contributed by atoms with Gasteiger partial charge in [-0.1, -0.05) is 285 Å². The molecule has 1 unspecified atom stereocenters. The van der Waals surface area contributed by atoms with Crippen LogP contribution in [0.2, 0.25) is 0 Å². The third-order valence-corrected chi connectivity index (χ3v) is 13.6. The summed E-state index contributed by atoms with van der Waals surface area (Å²) in [6.45, 7) is 11.4. The maximum atomic E-state index is 12.8. The molecular weight excluding hydrogens is 793 g/mol. The zero-order valence-electron chi connectivity index (χ0n) is 43.9. The molecule has 0 fully saturated rings. The van der Waals surface area contributed by atoms with Crippen molar-refractivity contribution in [3.63, 3.8) is 0 Å². The van der Waals surface area contributed by atoms with Crippen molar-refractivity contribution in [3.8, 4) is 0 Å². The molecular formula is C58H112O6. The predicted octanol–water partition coefficient (Wildman–Crippen LogP) is 18.9. The fourth-order valence-corrected chi connectivity index (χ4v) is 8.84. The van der Waals surface area contributed by atoms with Gasteiger partial charge in [0.05, 0.1) is 0 Å². The smallest absolute Gasteiger partial charge is 0.306 e. The van der Waals surface area contributed by atoms with Gasteiger partial charge >= 0.3 is 17.9 Å². The van der Waals surface area contributed by atoms with Gasteiger partial charge in [-0.2, -0.15) is 0 Å². The Bertz CT molecular complexity index is 980. The standard InChI is InChI=1S/C58H112O6/c1-6-8-9-10-11-12-13-14-15-16-17-18-19-23-26-29-32-38-43-48-56(59)62-51-55(52-63-57(60)49-44-39-35-34-37-42-47-54(5)7-2)64-58(61)50-45-40-33-30-27-24-21-20-22-25-28-31-36-41-46-53(3)4/h53-55H,6-52H2,1-5H3/t54?,55-/m1/s1. The largest absolute Gasteiger partial charge is 0.462 e. The molecule has 0 aliphatic carbocycles. The Hall–Kier alpha value is -1.59. The lowest BCUT2D eigenvalue weighted by molar-refractivity contribution is -0.167. The van der Waals surface area contributed by atoms with Crippen molar-refractivity contribution < 1.29 is 28.6 Å². The van der Waals surface area contributed by atoms with Gasteiger partial charge in [0.15, 0.2) is 6.10 Å². The highest BCUT2D eigenvalue weighted by molar-refractivity contribution is 5.71. The van der Waals surface area contributed by atoms with Crippen LogP contribution in [0.5, 0.6) is 0 Å². The van der Waals surface area contributed by atoms with Crippen LogP contribution in [-0.4, -0.2) is 37.2 Å². The molecule has 0 N–H and O–H groups in total. The summed E-state index contributed by atoms with van der Waals surface area (Å²) in [4.78, 5) is 38.1. The summed E-state index contributed by atoms with van der Waals surface area (Å²) >= 11 is 0. The minimum absolute atomic E-state index is 0.0636. The van der Waals surface area contributed by atoms with Crippen LogP contribution in [0.1, 0.15) is 324 Å². The summed E-state index contributed by atoms with van der Waals surface area (Å²) in [7, 11) is 0. The fourth-order valence-electron chi connectivity index (χ4n) is 8.84. The van der Waals surface area contributed by atoms with E-state index in [2.05, 4.69) is 34.6 Å². The van der Waals surface area contributed by atoms with Gasteiger partial charge in [-0.05, 0) is 31.1 Å². The highest BCUT2D eigenvalue weighted by Crippen LogP contribution is 2.18. The number of esters is 3. The summed E-state index contributed by atoms with van der Waals surface area (Å²) < 4.78 is 16.9. The molecule has 0 saturated carbocycles. The second-order valence-electron chi connectivity index (χ2n) is 20.6. The van der Waals surface area contributed by atoms with E-state index in [1.54, 1.807) is 0 Å². The Morgan fingerprint density at radius 2 is 0.594 bits per heavy atom. The lowest BCUT2D eigenvalue weighted by Gasteiger charge is -2.18. The molecule has 0 rings (SSSR count). The van der Waals surface area contributed by atoms with Gasteiger partial charge < -0.3 is 14.2 Å². The molecule has 0 spiro atoms. The van der Waals surface area contributed by atoms with E-state index in [1.807, 2.05) is 0 Å². The maximum absolute atomic E-state index is 12.8. The summed E-state index contributed by atoms with van der Waals surface area (Å²) in [6, 6.07) is 0. The Morgan fingerprint density at radius 1 is 0.328 bits per heavy atom. The van der Waals surface area contributed by atoms with Crippen LogP contribution in [0.3, 0.4) is 0 Å². The molecule has 0 radical (unpaired) electrons. The van der Waals surface area contributed by atoms with Crippen molar-refractivity contribution in [1.29, 1.82) is 0 Å². The van der Waals surface area contributed by atoms with E-state index in [9.17, 15) is 14.4 Å². The summed E-state index contributed by atoms with van der Waals surface area (Å²) in [6.07, 6.45) is 53.9. The van der Waals surface area contributed by atoms with Crippen molar-refractivity contribution in [2.75, 3.05) is 13.2 Å². The molecule has 0 aliphatic rings. The molecule has 0 heterocycles. The normalized spacial score (nSPS) is 12.5. The number of carbonyl (C=O) groups is 3. The molecule has 0 amide bonds. The Labute approximate surface area is 399 Å². The van der Waals surface area contributed by atoms with Gasteiger partial charge in [0.2, 0.25) is 0 Å². The van der Waals surface area contributed by atoms with Gasteiger partial charge in [-0.25, -0.2) is 0 Å². The van der Waals surface area contributed by atoms with Gasteiger partial charge in [0.1, 0.15) is 13.2 Å². The Morgan fingerprint density at radius 3 is 0.891 bits per heavy atom. The highest BCUT2D eigenvalue weighted by atomic mass is 16.6. The van der Waals surface area contributed by atoms with Crippen LogP contribution < -0.4 is 0 Å². The average molecular weight is 906 g/mol. The molecule has 0 aromatic heterocycles. The van der Waals surface area contributed by atoms with E-state index >= 15 is 0 Å². The van der Waals surface area contributed by atoms with E-state index < -0.39 is 6.10 Å². The molecule has 0 aromatic carbocycles. The van der Waals surface area contributed by atoms with Crippen molar-refractivity contribution in [3.05, 3.63) is 0 Å². The second kappa shape index (κ2) is 50.8.